The van der Waals surface area contributed by atoms with E-state index >= 15 is 0 Å². The van der Waals surface area contributed by atoms with Crippen LogP contribution in [0.15, 0.2) is 0 Å². The van der Waals surface area contributed by atoms with Crippen molar-refractivity contribution in [3.05, 3.63) is 0 Å². The van der Waals surface area contributed by atoms with Crippen LogP contribution in [0.5, 0.6) is 0 Å². The zero-order valence-corrected chi connectivity index (χ0v) is 39.6. The summed E-state index contributed by atoms with van der Waals surface area (Å²) < 4.78 is 54.2. The van der Waals surface area contributed by atoms with E-state index in [4.69, 9.17) is 18.9 Å². The second-order valence-electron chi connectivity index (χ2n) is 17.9. The van der Waals surface area contributed by atoms with E-state index in [9.17, 15) is 37.9 Å². The number of carbonyl (C=O) groups is 2. The first-order chi connectivity index (χ1) is 29.5. The average molecular weight is 893 g/mol. The van der Waals surface area contributed by atoms with Gasteiger partial charge in [-0.25, -0.2) is 0 Å². The van der Waals surface area contributed by atoms with Crippen LogP contribution in [-0.2, 0) is 38.7 Å². The molecule has 0 aliphatic carbocycles. The normalized spacial score (nSPS) is 19.9. The predicted octanol–water partition coefficient (Wildman–Crippen LogP) is 10.8. The van der Waals surface area contributed by atoms with Crippen LogP contribution in [0, 0.1) is 0 Å². The van der Waals surface area contributed by atoms with Gasteiger partial charge in [0.05, 0.1) is 6.61 Å². The fraction of sp³-hybridized carbons (Fsp3) is 0.958. The molecule has 0 aromatic heterocycles. The molecule has 0 radical (unpaired) electrons. The van der Waals surface area contributed by atoms with Crippen LogP contribution < -0.4 is 0 Å². The lowest BCUT2D eigenvalue weighted by atomic mass is 10.00. The minimum atomic E-state index is -4.60. The van der Waals surface area contributed by atoms with Crippen LogP contribution in [-0.4, -0.2) is 96.0 Å². The number of unbranched alkanes of at least 4 members (excludes halogenated alkanes) is 31. The highest BCUT2D eigenvalue weighted by Crippen LogP contribution is 2.24. The first-order valence-electron chi connectivity index (χ1n) is 25.1. The topological polar surface area (TPSA) is 186 Å². The Bertz CT molecular complexity index is 1140. The Morgan fingerprint density at radius 2 is 0.836 bits per heavy atom. The van der Waals surface area contributed by atoms with E-state index in [2.05, 4.69) is 13.8 Å². The van der Waals surface area contributed by atoms with Crippen LogP contribution in [0.3, 0.4) is 0 Å². The van der Waals surface area contributed by atoms with Crippen LogP contribution in [0.2, 0.25) is 0 Å². The van der Waals surface area contributed by atoms with E-state index in [1.54, 1.807) is 0 Å². The molecule has 1 aliphatic heterocycles. The standard InChI is InChI=1S/C48H92O12S/c1-3-5-7-9-11-13-15-17-18-19-20-21-22-23-25-26-28-30-32-34-36-43(49)57-38-41(39-58-48-47(53)46(52)45(51)42(60-48)40-61(54,55)56)59-44(50)37-35-33-31-29-27-24-16-14-12-10-8-6-4-2/h41-42,45-48,51-53H,3-40H2,1-2H3,(H,54,55,56)/t41-,42-,45-,46?,47?,48+/m1/s1. The summed E-state index contributed by atoms with van der Waals surface area (Å²) in [4.78, 5) is 25.5. The van der Waals surface area contributed by atoms with Crippen molar-refractivity contribution in [1.82, 2.24) is 0 Å². The fourth-order valence-electron chi connectivity index (χ4n) is 8.03. The third kappa shape index (κ3) is 33.8. The highest BCUT2D eigenvalue weighted by Gasteiger charge is 2.46. The molecule has 0 amide bonds. The van der Waals surface area contributed by atoms with Crippen molar-refractivity contribution < 1.29 is 56.8 Å². The van der Waals surface area contributed by atoms with E-state index < -0.39 is 71.2 Å². The van der Waals surface area contributed by atoms with Crippen molar-refractivity contribution in [3.63, 3.8) is 0 Å². The smallest absolute Gasteiger partial charge is 0.306 e. The number of ether oxygens (including phenoxy) is 4. The number of carbonyl (C=O) groups excluding carboxylic acids is 2. The van der Waals surface area contributed by atoms with Gasteiger partial charge in [-0.15, -0.1) is 0 Å². The molecule has 61 heavy (non-hydrogen) atoms. The molecule has 1 fully saturated rings. The second kappa shape index (κ2) is 39.1. The Hall–Kier alpha value is -1.35. The molecule has 2 unspecified atom stereocenters. The number of hydrogen-bond acceptors (Lipinski definition) is 11. The van der Waals surface area contributed by atoms with E-state index in [1.165, 1.54) is 161 Å². The van der Waals surface area contributed by atoms with Gasteiger partial charge in [-0.3, -0.25) is 14.1 Å². The molecular weight excluding hydrogens is 801 g/mol. The molecule has 0 aromatic carbocycles. The summed E-state index contributed by atoms with van der Waals surface area (Å²) in [6, 6.07) is 0. The van der Waals surface area contributed by atoms with Gasteiger partial charge in [-0.2, -0.15) is 8.42 Å². The van der Waals surface area contributed by atoms with Crippen molar-refractivity contribution in [2.24, 2.45) is 0 Å². The number of aliphatic hydroxyl groups is 3. The lowest BCUT2D eigenvalue weighted by Crippen LogP contribution is -2.60. The van der Waals surface area contributed by atoms with Crippen LogP contribution in [0.1, 0.15) is 239 Å². The quantitative estimate of drug-likeness (QED) is 0.0258. The zero-order valence-electron chi connectivity index (χ0n) is 38.8. The first kappa shape index (κ1) is 57.7. The minimum Gasteiger partial charge on any atom is -0.462 e. The van der Waals surface area contributed by atoms with Gasteiger partial charge in [0.2, 0.25) is 0 Å². The zero-order chi connectivity index (χ0) is 44.8. The molecular formula is C48H92O12S. The summed E-state index contributed by atoms with van der Waals surface area (Å²) in [7, 11) is -4.60. The van der Waals surface area contributed by atoms with Gasteiger partial charge in [0.15, 0.2) is 12.4 Å². The van der Waals surface area contributed by atoms with E-state index in [-0.39, 0.29) is 19.4 Å². The summed E-state index contributed by atoms with van der Waals surface area (Å²) in [5, 5.41) is 30.9. The van der Waals surface area contributed by atoms with Gasteiger partial charge in [-0.05, 0) is 12.8 Å². The van der Waals surface area contributed by atoms with Gasteiger partial charge >= 0.3 is 11.9 Å². The molecule has 1 heterocycles. The van der Waals surface area contributed by atoms with Gasteiger partial charge in [-0.1, -0.05) is 213 Å². The van der Waals surface area contributed by atoms with Crippen LogP contribution in [0.4, 0.5) is 0 Å². The number of aliphatic hydroxyl groups excluding tert-OH is 3. The monoisotopic (exact) mass is 893 g/mol. The Morgan fingerprint density at radius 1 is 0.492 bits per heavy atom. The summed E-state index contributed by atoms with van der Waals surface area (Å²) in [5.41, 5.74) is 0. The Balaban J connectivity index is 2.34. The van der Waals surface area contributed by atoms with Crippen molar-refractivity contribution in [3.8, 4) is 0 Å². The van der Waals surface area contributed by atoms with E-state index in [0.717, 1.165) is 38.5 Å². The van der Waals surface area contributed by atoms with E-state index in [1.807, 2.05) is 0 Å². The molecule has 0 bridgehead atoms. The molecule has 1 saturated heterocycles. The fourth-order valence-corrected chi connectivity index (χ4v) is 8.72. The number of rotatable bonds is 43. The summed E-state index contributed by atoms with van der Waals surface area (Å²) in [5.74, 6) is -1.96. The van der Waals surface area contributed by atoms with Crippen molar-refractivity contribution in [2.75, 3.05) is 19.0 Å². The lowest BCUT2D eigenvalue weighted by Gasteiger charge is -2.40. The molecule has 0 aromatic rings. The minimum absolute atomic E-state index is 0.172. The summed E-state index contributed by atoms with van der Waals surface area (Å²) in [6.45, 7) is 3.80. The Morgan fingerprint density at radius 3 is 1.20 bits per heavy atom. The van der Waals surface area contributed by atoms with Crippen molar-refractivity contribution in [1.29, 1.82) is 0 Å². The largest absolute Gasteiger partial charge is 0.462 e. The molecule has 13 heteroatoms. The third-order valence-corrected chi connectivity index (χ3v) is 12.7. The maximum atomic E-state index is 12.8. The average Bonchev–Trinajstić information content (AvgIpc) is 3.22. The molecule has 4 N–H and O–H groups in total. The summed E-state index contributed by atoms with van der Waals surface area (Å²) in [6.07, 6.45) is 31.5. The SMILES string of the molecule is CCCCCCCCCCCCCCCCCCCCCCC(=O)OC[C@H](CO[C@H]1O[C@H](CS(=O)(=O)O)[C@@H](O)C(O)C1O)OC(=O)CCCCCCCCCCCCCCC. The maximum absolute atomic E-state index is 12.8. The third-order valence-electron chi connectivity index (χ3n) is 11.9. The van der Waals surface area contributed by atoms with E-state index in [0.29, 0.717) is 12.8 Å². The number of hydrogen-bond donors (Lipinski definition) is 4. The molecule has 0 saturated carbocycles. The second-order valence-corrected chi connectivity index (χ2v) is 19.3. The Kier molecular flexibility index (Phi) is 36.9. The van der Waals surface area contributed by atoms with Crippen LogP contribution >= 0.6 is 0 Å². The molecule has 362 valence electrons. The maximum Gasteiger partial charge on any atom is 0.306 e. The van der Waals surface area contributed by atoms with Crippen molar-refractivity contribution >= 4 is 22.1 Å². The predicted molar refractivity (Wildman–Crippen MR) is 243 cm³/mol. The molecule has 1 rings (SSSR count). The Labute approximate surface area is 372 Å². The molecule has 12 nitrogen and oxygen atoms in total. The highest BCUT2D eigenvalue weighted by atomic mass is 32.2. The lowest BCUT2D eigenvalue weighted by molar-refractivity contribution is -0.297. The number of esters is 2. The highest BCUT2D eigenvalue weighted by molar-refractivity contribution is 7.85. The van der Waals surface area contributed by atoms with Gasteiger partial charge < -0.3 is 34.3 Å². The van der Waals surface area contributed by atoms with Crippen molar-refractivity contribution in [2.45, 2.75) is 275 Å². The molecule has 6 atom stereocenters. The van der Waals surface area contributed by atoms with Gasteiger partial charge in [0, 0.05) is 12.8 Å². The molecule has 1 aliphatic rings. The van der Waals surface area contributed by atoms with Crippen LogP contribution in [0.25, 0.3) is 0 Å². The summed E-state index contributed by atoms with van der Waals surface area (Å²) >= 11 is 0. The van der Waals surface area contributed by atoms with Gasteiger partial charge in [0.25, 0.3) is 10.1 Å². The van der Waals surface area contributed by atoms with Gasteiger partial charge in [0.1, 0.15) is 36.8 Å². The molecule has 0 spiro atoms. The first-order valence-corrected chi connectivity index (χ1v) is 26.7.